The Kier molecular flexibility index (Phi) is 3.60. The van der Waals surface area contributed by atoms with Gasteiger partial charge in [0.15, 0.2) is 0 Å². The first-order valence-electron chi connectivity index (χ1n) is 6.89. The summed E-state index contributed by atoms with van der Waals surface area (Å²) in [7, 11) is -3.38. The van der Waals surface area contributed by atoms with Crippen LogP contribution >= 0.6 is 0 Å². The second-order valence-electron chi connectivity index (χ2n) is 5.46. The predicted molar refractivity (Wildman–Crippen MR) is 71.2 cm³/mol. The van der Waals surface area contributed by atoms with Crippen LogP contribution in [0.25, 0.3) is 0 Å². The van der Waals surface area contributed by atoms with Gasteiger partial charge in [0, 0.05) is 25.3 Å². The zero-order chi connectivity index (χ0) is 13.3. The largest absolute Gasteiger partial charge is 0.312 e. The number of hydrogen-bond acceptors (Lipinski definition) is 4. The molecule has 0 radical (unpaired) electrons. The first-order valence-corrected chi connectivity index (χ1v) is 8.37. The summed E-state index contributed by atoms with van der Waals surface area (Å²) >= 11 is 0. The van der Waals surface area contributed by atoms with Gasteiger partial charge in [-0.2, -0.15) is 5.10 Å². The lowest BCUT2D eigenvalue weighted by Crippen LogP contribution is -2.25. The molecule has 1 heterocycles. The third-order valence-corrected chi connectivity index (χ3v) is 4.91. The van der Waals surface area contributed by atoms with Gasteiger partial charge in [-0.3, -0.25) is 4.68 Å². The predicted octanol–water partition coefficient (Wildman–Crippen LogP) is 0.323. The maximum Gasteiger partial charge on any atom is 0.243 e. The molecular formula is C12H20N4O2S. The second-order valence-corrected chi connectivity index (χ2v) is 7.23. The molecule has 19 heavy (non-hydrogen) atoms. The Hall–Kier alpha value is -0.920. The number of sulfonamides is 1. The SMILES string of the molecule is O=S(=O)(NCC1CC1)c1cnn(CCNC2CC2)c1. The van der Waals surface area contributed by atoms with Gasteiger partial charge in [-0.1, -0.05) is 0 Å². The molecule has 0 amide bonds. The van der Waals surface area contributed by atoms with Gasteiger partial charge in [-0.25, -0.2) is 13.1 Å². The van der Waals surface area contributed by atoms with Crippen LogP contribution < -0.4 is 10.0 Å². The van der Waals surface area contributed by atoms with E-state index in [1.54, 1.807) is 10.9 Å². The monoisotopic (exact) mass is 284 g/mol. The molecule has 2 aliphatic rings. The van der Waals surface area contributed by atoms with Crippen LogP contribution in [0.1, 0.15) is 25.7 Å². The lowest BCUT2D eigenvalue weighted by molar-refractivity contribution is 0.551. The minimum atomic E-state index is -3.38. The first kappa shape index (κ1) is 13.1. The highest BCUT2D eigenvalue weighted by Crippen LogP contribution is 2.28. The fourth-order valence-electron chi connectivity index (χ4n) is 1.91. The van der Waals surface area contributed by atoms with Gasteiger partial charge in [0.2, 0.25) is 10.0 Å². The molecule has 0 atom stereocenters. The van der Waals surface area contributed by atoms with Crippen LogP contribution in [0, 0.1) is 5.92 Å². The first-order chi connectivity index (χ1) is 9.13. The van der Waals surface area contributed by atoms with Crippen LogP contribution in [-0.4, -0.2) is 37.3 Å². The second kappa shape index (κ2) is 5.22. The third-order valence-electron chi connectivity index (χ3n) is 3.53. The lowest BCUT2D eigenvalue weighted by atomic mass is 10.4. The Morgan fingerprint density at radius 1 is 1.32 bits per heavy atom. The molecule has 0 spiro atoms. The van der Waals surface area contributed by atoms with Gasteiger partial charge >= 0.3 is 0 Å². The highest BCUT2D eigenvalue weighted by molar-refractivity contribution is 7.89. The van der Waals surface area contributed by atoms with Crippen molar-refractivity contribution in [2.75, 3.05) is 13.1 Å². The number of rotatable bonds is 8. The van der Waals surface area contributed by atoms with Crippen LogP contribution in [0.5, 0.6) is 0 Å². The van der Waals surface area contributed by atoms with Crippen molar-refractivity contribution in [2.24, 2.45) is 5.92 Å². The Balaban J connectivity index is 1.52. The van der Waals surface area contributed by atoms with Crippen molar-refractivity contribution in [1.82, 2.24) is 19.8 Å². The summed E-state index contributed by atoms with van der Waals surface area (Å²) in [5.41, 5.74) is 0. The van der Waals surface area contributed by atoms with Crippen molar-refractivity contribution in [1.29, 1.82) is 0 Å². The van der Waals surface area contributed by atoms with Gasteiger partial charge in [0.1, 0.15) is 4.90 Å². The highest BCUT2D eigenvalue weighted by Gasteiger charge is 2.25. The molecule has 0 aliphatic heterocycles. The van der Waals surface area contributed by atoms with Gasteiger partial charge in [-0.15, -0.1) is 0 Å². The van der Waals surface area contributed by atoms with Crippen LogP contribution in [0.2, 0.25) is 0 Å². The van der Waals surface area contributed by atoms with Gasteiger partial charge in [-0.05, 0) is 31.6 Å². The average molecular weight is 284 g/mol. The van der Waals surface area contributed by atoms with E-state index < -0.39 is 10.0 Å². The number of nitrogens with one attached hydrogen (secondary N) is 2. The zero-order valence-electron chi connectivity index (χ0n) is 10.9. The van der Waals surface area contributed by atoms with E-state index >= 15 is 0 Å². The Morgan fingerprint density at radius 2 is 2.11 bits per heavy atom. The molecule has 6 nitrogen and oxygen atoms in total. The van der Waals surface area contributed by atoms with Crippen molar-refractivity contribution in [3.63, 3.8) is 0 Å². The summed E-state index contributed by atoms with van der Waals surface area (Å²) in [5, 5.41) is 7.48. The van der Waals surface area contributed by atoms with Crippen molar-refractivity contribution < 1.29 is 8.42 Å². The standard InChI is InChI=1S/C12H20N4O2S/c17-19(18,15-7-10-1-2-10)12-8-14-16(9-12)6-5-13-11-3-4-11/h8-11,13,15H,1-7H2. The maximum absolute atomic E-state index is 12.0. The van der Waals surface area contributed by atoms with Gasteiger partial charge in [0.25, 0.3) is 0 Å². The maximum atomic E-state index is 12.0. The van der Waals surface area contributed by atoms with Crippen molar-refractivity contribution in [2.45, 2.75) is 43.2 Å². The van der Waals surface area contributed by atoms with E-state index in [2.05, 4.69) is 15.1 Å². The van der Waals surface area contributed by atoms with E-state index in [1.165, 1.54) is 19.0 Å². The zero-order valence-corrected chi connectivity index (χ0v) is 11.7. The molecule has 106 valence electrons. The molecule has 2 fully saturated rings. The molecule has 3 rings (SSSR count). The molecule has 1 aromatic rings. The average Bonchev–Trinajstić information content (AvgIpc) is 3.28. The quantitative estimate of drug-likeness (QED) is 0.721. The molecule has 0 saturated heterocycles. The Morgan fingerprint density at radius 3 is 2.79 bits per heavy atom. The van der Waals surface area contributed by atoms with Crippen LogP contribution in [-0.2, 0) is 16.6 Å². The molecule has 0 aromatic carbocycles. The summed E-state index contributed by atoms with van der Waals surface area (Å²) in [6.07, 6.45) is 7.80. The van der Waals surface area contributed by atoms with Gasteiger partial charge in [0.05, 0.1) is 12.7 Å². The summed E-state index contributed by atoms with van der Waals surface area (Å²) in [4.78, 5) is 0.263. The number of hydrogen-bond donors (Lipinski definition) is 2. The van der Waals surface area contributed by atoms with Crippen LogP contribution in [0.3, 0.4) is 0 Å². The molecule has 1 aromatic heterocycles. The van der Waals surface area contributed by atoms with Crippen molar-refractivity contribution in [3.8, 4) is 0 Å². The van der Waals surface area contributed by atoms with Crippen LogP contribution in [0.4, 0.5) is 0 Å². The number of nitrogens with zero attached hydrogens (tertiary/aromatic N) is 2. The minimum absolute atomic E-state index is 0.263. The molecule has 2 aliphatic carbocycles. The summed E-state index contributed by atoms with van der Waals surface area (Å²) in [5.74, 6) is 0.535. The smallest absolute Gasteiger partial charge is 0.243 e. The topological polar surface area (TPSA) is 76.0 Å². The fourth-order valence-corrected chi connectivity index (χ4v) is 2.98. The van der Waals surface area contributed by atoms with E-state index in [1.807, 2.05) is 0 Å². The minimum Gasteiger partial charge on any atom is -0.312 e. The van der Waals surface area contributed by atoms with E-state index in [-0.39, 0.29) is 4.90 Å². The molecule has 7 heteroatoms. The fraction of sp³-hybridized carbons (Fsp3) is 0.750. The molecular weight excluding hydrogens is 264 g/mol. The van der Waals surface area contributed by atoms with Crippen LogP contribution in [0.15, 0.2) is 17.3 Å². The van der Waals surface area contributed by atoms with Crippen molar-refractivity contribution in [3.05, 3.63) is 12.4 Å². The van der Waals surface area contributed by atoms with E-state index in [0.717, 1.165) is 19.4 Å². The lowest BCUT2D eigenvalue weighted by Gasteiger charge is -2.03. The highest BCUT2D eigenvalue weighted by atomic mass is 32.2. The molecule has 0 unspecified atom stereocenters. The Labute approximate surface area is 113 Å². The van der Waals surface area contributed by atoms with Gasteiger partial charge < -0.3 is 5.32 Å². The van der Waals surface area contributed by atoms with E-state index in [4.69, 9.17) is 0 Å². The van der Waals surface area contributed by atoms with E-state index in [0.29, 0.717) is 25.0 Å². The normalized spacial score (nSPS) is 19.8. The number of aromatic nitrogens is 2. The summed E-state index contributed by atoms with van der Waals surface area (Å²) in [6, 6.07) is 0.666. The van der Waals surface area contributed by atoms with Crippen molar-refractivity contribution >= 4 is 10.0 Å². The molecule has 0 bridgehead atoms. The third kappa shape index (κ3) is 3.77. The molecule has 2 N–H and O–H groups in total. The summed E-state index contributed by atoms with van der Waals surface area (Å²) in [6.45, 7) is 2.09. The Bertz CT molecular complexity index is 532. The molecule has 2 saturated carbocycles. The van der Waals surface area contributed by atoms with E-state index in [9.17, 15) is 8.42 Å². The summed E-state index contributed by atoms with van der Waals surface area (Å²) < 4.78 is 28.3.